The Morgan fingerprint density at radius 2 is 1.72 bits per heavy atom. The minimum absolute atomic E-state index is 0.133. The van der Waals surface area contributed by atoms with Crippen molar-refractivity contribution in [1.29, 1.82) is 0 Å². The SMILES string of the molecule is CC1=NN(c2cc(Cl)c(C(=O)c3ccc(Cl)cc3)c(Cl)c2)C(=O)NC1. The summed E-state index contributed by atoms with van der Waals surface area (Å²) in [4.78, 5) is 24.6. The molecule has 0 saturated heterocycles. The van der Waals surface area contributed by atoms with E-state index in [0.29, 0.717) is 22.8 Å². The topological polar surface area (TPSA) is 61.8 Å². The lowest BCUT2D eigenvalue weighted by molar-refractivity contribution is 0.103. The van der Waals surface area contributed by atoms with Crippen LogP contribution in [0.2, 0.25) is 15.1 Å². The molecule has 0 spiro atoms. The van der Waals surface area contributed by atoms with E-state index in [4.69, 9.17) is 34.8 Å². The first-order valence-corrected chi connectivity index (χ1v) is 8.41. The number of rotatable bonds is 3. The number of nitrogens with zero attached hydrogens (tertiary/aromatic N) is 2. The van der Waals surface area contributed by atoms with E-state index in [1.807, 2.05) is 0 Å². The van der Waals surface area contributed by atoms with Gasteiger partial charge in [0, 0.05) is 10.6 Å². The van der Waals surface area contributed by atoms with Gasteiger partial charge in [0.1, 0.15) is 0 Å². The summed E-state index contributed by atoms with van der Waals surface area (Å²) >= 11 is 18.4. The van der Waals surface area contributed by atoms with Gasteiger partial charge in [-0.15, -0.1) is 0 Å². The van der Waals surface area contributed by atoms with E-state index in [1.165, 1.54) is 12.1 Å². The quantitative estimate of drug-likeness (QED) is 0.759. The summed E-state index contributed by atoms with van der Waals surface area (Å²) in [5, 5.41) is 8.81. The number of hydrogen-bond donors (Lipinski definition) is 1. The van der Waals surface area contributed by atoms with E-state index in [2.05, 4.69) is 10.4 Å². The molecule has 1 N–H and O–H groups in total. The lowest BCUT2D eigenvalue weighted by atomic mass is 10.0. The van der Waals surface area contributed by atoms with Crippen molar-refractivity contribution >= 4 is 58.0 Å². The summed E-state index contributed by atoms with van der Waals surface area (Å²) in [5.74, 6) is -0.332. The van der Waals surface area contributed by atoms with Crippen LogP contribution in [0.1, 0.15) is 22.8 Å². The second-order valence-electron chi connectivity index (χ2n) is 5.43. The Morgan fingerprint density at radius 3 is 2.32 bits per heavy atom. The van der Waals surface area contributed by atoms with Gasteiger partial charge in [-0.25, -0.2) is 4.79 Å². The molecule has 128 valence electrons. The molecule has 0 aromatic heterocycles. The monoisotopic (exact) mass is 395 g/mol. The molecule has 25 heavy (non-hydrogen) atoms. The number of hydrogen-bond acceptors (Lipinski definition) is 3. The van der Waals surface area contributed by atoms with Crippen molar-refractivity contribution in [3.05, 3.63) is 62.6 Å². The first-order chi connectivity index (χ1) is 11.9. The van der Waals surface area contributed by atoms with Crippen LogP contribution in [0.3, 0.4) is 0 Å². The van der Waals surface area contributed by atoms with Crippen molar-refractivity contribution in [2.24, 2.45) is 5.10 Å². The standard InChI is InChI=1S/C17H12Cl3N3O2/c1-9-8-21-17(25)23(22-9)12-6-13(19)15(14(20)7-12)16(24)10-2-4-11(18)5-3-10/h2-7H,8H2,1H3,(H,21,25). The average Bonchev–Trinajstić information content (AvgIpc) is 2.57. The molecule has 5 nitrogen and oxygen atoms in total. The number of nitrogens with one attached hydrogen (secondary N) is 1. The van der Waals surface area contributed by atoms with E-state index in [1.54, 1.807) is 31.2 Å². The van der Waals surface area contributed by atoms with E-state index >= 15 is 0 Å². The Kier molecular flexibility index (Phi) is 4.99. The first-order valence-electron chi connectivity index (χ1n) is 7.28. The maximum absolute atomic E-state index is 12.7. The van der Waals surface area contributed by atoms with Gasteiger partial charge in [0.2, 0.25) is 0 Å². The molecule has 3 rings (SSSR count). The highest BCUT2D eigenvalue weighted by Gasteiger charge is 2.24. The second-order valence-corrected chi connectivity index (χ2v) is 6.68. The molecule has 2 amide bonds. The Balaban J connectivity index is 2.01. The van der Waals surface area contributed by atoms with Gasteiger partial charge in [-0.3, -0.25) is 4.79 Å². The van der Waals surface area contributed by atoms with E-state index in [9.17, 15) is 9.59 Å². The van der Waals surface area contributed by atoms with Crippen LogP contribution in [0.25, 0.3) is 0 Å². The van der Waals surface area contributed by atoms with Crippen molar-refractivity contribution in [3.63, 3.8) is 0 Å². The molecule has 2 aromatic rings. The van der Waals surface area contributed by atoms with Crippen LogP contribution in [0.5, 0.6) is 0 Å². The molecular weight excluding hydrogens is 385 g/mol. The minimum atomic E-state index is -0.394. The number of hydrazone groups is 1. The van der Waals surface area contributed by atoms with Crippen LogP contribution in [0.4, 0.5) is 10.5 Å². The fourth-order valence-corrected chi connectivity index (χ4v) is 3.12. The van der Waals surface area contributed by atoms with Crippen LogP contribution in [0.15, 0.2) is 41.5 Å². The lowest BCUT2D eigenvalue weighted by Gasteiger charge is -2.24. The molecule has 0 atom stereocenters. The summed E-state index contributed by atoms with van der Waals surface area (Å²) in [6, 6.07) is 8.99. The first kappa shape index (κ1) is 17.7. The Morgan fingerprint density at radius 1 is 1.12 bits per heavy atom. The van der Waals surface area contributed by atoms with Crippen LogP contribution < -0.4 is 10.3 Å². The molecule has 1 heterocycles. The third-order valence-electron chi connectivity index (χ3n) is 3.56. The van der Waals surface area contributed by atoms with Gasteiger partial charge in [0.05, 0.1) is 33.6 Å². The summed E-state index contributed by atoms with van der Waals surface area (Å²) in [5.41, 5.74) is 1.67. The van der Waals surface area contributed by atoms with Crippen molar-refractivity contribution in [1.82, 2.24) is 5.32 Å². The molecule has 0 bridgehead atoms. The van der Waals surface area contributed by atoms with Crippen LogP contribution in [0, 0.1) is 0 Å². The van der Waals surface area contributed by atoms with Gasteiger partial charge in [-0.2, -0.15) is 10.1 Å². The lowest BCUT2D eigenvalue weighted by Crippen LogP contribution is -2.44. The molecule has 0 fully saturated rings. The Bertz CT molecular complexity index is 872. The highest BCUT2D eigenvalue weighted by molar-refractivity contribution is 6.41. The summed E-state index contributed by atoms with van der Waals surface area (Å²) in [6.45, 7) is 2.16. The number of carbonyl (C=O) groups is 2. The maximum Gasteiger partial charge on any atom is 0.342 e. The molecule has 0 saturated carbocycles. The van der Waals surface area contributed by atoms with E-state index in [-0.39, 0.29) is 21.4 Å². The molecular formula is C17H12Cl3N3O2. The fraction of sp³-hybridized carbons (Fsp3) is 0.118. The van der Waals surface area contributed by atoms with Gasteiger partial charge in [-0.05, 0) is 43.3 Å². The predicted molar refractivity (Wildman–Crippen MR) is 100 cm³/mol. The Hall–Kier alpha value is -2.08. The van der Waals surface area contributed by atoms with Gasteiger partial charge in [0.15, 0.2) is 5.78 Å². The third-order valence-corrected chi connectivity index (χ3v) is 4.41. The van der Waals surface area contributed by atoms with Crippen molar-refractivity contribution in [3.8, 4) is 0 Å². The number of carbonyl (C=O) groups excluding carboxylic acids is 2. The van der Waals surface area contributed by atoms with Crippen LogP contribution in [-0.4, -0.2) is 24.1 Å². The van der Waals surface area contributed by atoms with E-state index in [0.717, 1.165) is 10.7 Å². The highest BCUT2D eigenvalue weighted by Crippen LogP contribution is 2.33. The molecule has 2 aromatic carbocycles. The third kappa shape index (κ3) is 3.63. The summed E-state index contributed by atoms with van der Waals surface area (Å²) in [7, 11) is 0. The zero-order chi connectivity index (χ0) is 18.1. The number of ketones is 1. The molecule has 0 unspecified atom stereocenters. The number of halogens is 3. The molecule has 1 aliphatic heterocycles. The van der Waals surface area contributed by atoms with Crippen LogP contribution >= 0.6 is 34.8 Å². The molecule has 8 heteroatoms. The number of benzene rings is 2. The summed E-state index contributed by atoms with van der Waals surface area (Å²) < 4.78 is 0. The zero-order valence-electron chi connectivity index (χ0n) is 13.0. The van der Waals surface area contributed by atoms with Crippen LogP contribution in [-0.2, 0) is 0 Å². The largest absolute Gasteiger partial charge is 0.342 e. The second kappa shape index (κ2) is 7.04. The zero-order valence-corrected chi connectivity index (χ0v) is 15.3. The Labute approximate surface area is 159 Å². The fourth-order valence-electron chi connectivity index (χ4n) is 2.35. The number of anilines is 1. The van der Waals surface area contributed by atoms with Crippen molar-refractivity contribution in [2.45, 2.75) is 6.92 Å². The van der Waals surface area contributed by atoms with Crippen molar-refractivity contribution in [2.75, 3.05) is 11.6 Å². The molecule has 0 aliphatic carbocycles. The smallest absolute Gasteiger partial charge is 0.331 e. The van der Waals surface area contributed by atoms with Gasteiger partial charge < -0.3 is 5.32 Å². The number of urea groups is 1. The predicted octanol–water partition coefficient (Wildman–Crippen LogP) is 4.78. The normalized spacial score (nSPS) is 14.2. The molecule has 0 radical (unpaired) electrons. The van der Waals surface area contributed by atoms with Gasteiger partial charge in [-0.1, -0.05) is 34.8 Å². The maximum atomic E-state index is 12.7. The minimum Gasteiger partial charge on any atom is -0.331 e. The van der Waals surface area contributed by atoms with E-state index < -0.39 is 6.03 Å². The number of amides is 2. The highest BCUT2D eigenvalue weighted by atomic mass is 35.5. The average molecular weight is 397 g/mol. The van der Waals surface area contributed by atoms with Gasteiger partial charge in [0.25, 0.3) is 0 Å². The summed E-state index contributed by atoms with van der Waals surface area (Å²) in [6.07, 6.45) is 0. The van der Waals surface area contributed by atoms with Crippen molar-refractivity contribution < 1.29 is 9.59 Å². The van der Waals surface area contributed by atoms with Gasteiger partial charge >= 0.3 is 6.03 Å². The molecule has 1 aliphatic rings.